The highest BCUT2D eigenvalue weighted by atomic mass is 16.4. The lowest BCUT2D eigenvalue weighted by atomic mass is 9.86. The van der Waals surface area contributed by atoms with Crippen LogP contribution in [-0.2, 0) is 4.79 Å². The Labute approximate surface area is 256 Å². The molecule has 8 bridgehead atoms. The van der Waals surface area contributed by atoms with E-state index in [-0.39, 0.29) is 29.6 Å². The summed E-state index contributed by atoms with van der Waals surface area (Å²) in [5.74, 6) is -0.805. The third-order valence-electron chi connectivity index (χ3n) is 9.30. The van der Waals surface area contributed by atoms with Crippen LogP contribution < -0.4 is 5.32 Å². The number of rotatable bonds is 5. The van der Waals surface area contributed by atoms with Crippen molar-refractivity contribution >= 4 is 23.1 Å². The summed E-state index contributed by atoms with van der Waals surface area (Å²) in [7, 11) is 0. The van der Waals surface area contributed by atoms with Gasteiger partial charge in [-0.15, -0.1) is 0 Å². The van der Waals surface area contributed by atoms with Gasteiger partial charge in [-0.2, -0.15) is 10.5 Å². The maximum atomic E-state index is 11.6. The third-order valence-corrected chi connectivity index (χ3v) is 9.30. The monoisotopic (exact) mass is 584 g/mol. The number of carbonyl (C=O) groups is 1. The van der Waals surface area contributed by atoms with Crippen molar-refractivity contribution in [2.75, 3.05) is 0 Å². The molecule has 1 saturated heterocycles. The highest BCUT2D eigenvalue weighted by Crippen LogP contribution is 2.46. The van der Waals surface area contributed by atoms with E-state index >= 15 is 0 Å². The van der Waals surface area contributed by atoms with Crippen LogP contribution in [0.4, 0.5) is 0 Å². The van der Waals surface area contributed by atoms with Gasteiger partial charge in [-0.05, 0) is 80.2 Å². The molecule has 44 heavy (non-hydrogen) atoms. The van der Waals surface area contributed by atoms with Crippen molar-refractivity contribution in [3.8, 4) is 12.1 Å². The lowest BCUT2D eigenvalue weighted by Gasteiger charge is -2.17. The first-order chi connectivity index (χ1) is 21.1. The Balaban J connectivity index is 1.63. The number of hydrogen-bond acceptors (Lipinski definition) is 8. The second-order valence-corrected chi connectivity index (χ2v) is 11.7. The number of aliphatic hydroxyl groups is 1. The summed E-state index contributed by atoms with van der Waals surface area (Å²) < 4.78 is 0. The Kier molecular flexibility index (Phi) is 7.05. The summed E-state index contributed by atoms with van der Waals surface area (Å²) in [6, 6.07) is 3.92. The number of nitrogens with zero attached hydrogens (tertiary/aromatic N) is 5. The van der Waals surface area contributed by atoms with Crippen LogP contribution in [0, 0.1) is 34.5 Å². The van der Waals surface area contributed by atoms with Crippen LogP contribution in [0.1, 0.15) is 60.3 Å². The number of nitriles is 2. The van der Waals surface area contributed by atoms with Gasteiger partial charge < -0.3 is 15.5 Å². The molecule has 9 heteroatoms. The molecule has 3 N–H and O–H groups in total. The second kappa shape index (κ2) is 10.8. The summed E-state index contributed by atoms with van der Waals surface area (Å²) in [6.07, 6.45) is 8.90. The normalized spacial score (nSPS) is 23.6. The quantitative estimate of drug-likeness (QED) is 0.314. The van der Waals surface area contributed by atoms with Crippen molar-refractivity contribution < 1.29 is 15.0 Å². The fraction of sp³-hybridized carbons (Fsp3) is 0.314. The van der Waals surface area contributed by atoms with Crippen LogP contribution in [0.2, 0.25) is 0 Å². The first kappa shape index (κ1) is 28.8. The standard InChI is InChI=1S/C35H32N6O3/c1-6-21-16(2)26-12-30-23(9-20(14-36)15-37)18(4)25(39-30)11-27-17(3)22(7-8-32(43)44)34(40-27)24-10-31(42)33-19(5)28(41-35(24)33)13-29(21)38-26/h9,11-13,17,22,40,42H,6-8,10H2,1-5H3,(H,43,44)/t17-,22-/m0/s1. The number of aliphatic hydroxyl groups excluding tert-OH is 1. The molecule has 0 saturated carbocycles. The van der Waals surface area contributed by atoms with E-state index in [0.717, 1.165) is 74.1 Å². The highest BCUT2D eigenvalue weighted by molar-refractivity contribution is 6.21. The van der Waals surface area contributed by atoms with Crippen LogP contribution in [0.25, 0.3) is 0 Å². The van der Waals surface area contributed by atoms with E-state index in [1.807, 2.05) is 51.1 Å². The lowest BCUT2D eigenvalue weighted by molar-refractivity contribution is -0.137. The van der Waals surface area contributed by atoms with Crippen molar-refractivity contribution in [2.45, 2.75) is 60.3 Å². The number of allylic oxidation sites excluding steroid dienone is 13. The number of aliphatic imine (C=N–C) groups is 3. The predicted octanol–water partition coefficient (Wildman–Crippen LogP) is 6.50. The molecule has 1 fully saturated rings. The molecular formula is C35H32N6O3. The van der Waals surface area contributed by atoms with E-state index in [1.165, 1.54) is 0 Å². The van der Waals surface area contributed by atoms with E-state index in [4.69, 9.17) is 15.0 Å². The maximum Gasteiger partial charge on any atom is 0.303 e. The molecule has 0 aromatic heterocycles. The topological polar surface area (TPSA) is 154 Å². The first-order valence-electron chi connectivity index (χ1n) is 14.8. The van der Waals surface area contributed by atoms with Gasteiger partial charge in [0.1, 0.15) is 23.5 Å². The van der Waals surface area contributed by atoms with Gasteiger partial charge in [0.05, 0.1) is 34.2 Å². The Morgan fingerprint density at radius 2 is 1.75 bits per heavy atom. The Hall–Kier alpha value is -5.28. The molecule has 0 unspecified atom stereocenters. The van der Waals surface area contributed by atoms with E-state index in [9.17, 15) is 25.5 Å². The van der Waals surface area contributed by atoms with Crippen LogP contribution in [0.5, 0.6) is 0 Å². The second-order valence-electron chi connectivity index (χ2n) is 11.7. The number of hydrogen-bond donors (Lipinski definition) is 3. The van der Waals surface area contributed by atoms with E-state index in [0.29, 0.717) is 29.8 Å². The van der Waals surface area contributed by atoms with Crippen molar-refractivity contribution in [1.29, 1.82) is 10.5 Å². The smallest absolute Gasteiger partial charge is 0.303 e. The molecule has 0 spiro atoms. The van der Waals surface area contributed by atoms with Gasteiger partial charge in [-0.1, -0.05) is 13.8 Å². The summed E-state index contributed by atoms with van der Waals surface area (Å²) >= 11 is 0. The molecule has 6 rings (SSSR count). The zero-order chi connectivity index (χ0) is 31.4. The number of aliphatic carboxylic acids is 1. The average Bonchev–Trinajstić information content (AvgIpc) is 3.74. The number of carboxylic acids is 1. The maximum absolute atomic E-state index is 11.6. The van der Waals surface area contributed by atoms with Gasteiger partial charge in [0.2, 0.25) is 0 Å². The first-order valence-corrected chi connectivity index (χ1v) is 14.8. The molecule has 0 amide bonds. The molecule has 0 aromatic rings. The molecule has 220 valence electrons. The molecule has 5 aliphatic heterocycles. The largest absolute Gasteiger partial charge is 0.511 e. The summed E-state index contributed by atoms with van der Waals surface area (Å²) in [4.78, 5) is 26.6. The van der Waals surface area contributed by atoms with E-state index in [2.05, 4.69) is 19.2 Å². The molecule has 0 aromatic carbocycles. The van der Waals surface area contributed by atoms with Crippen molar-refractivity contribution in [3.05, 3.63) is 103 Å². The third kappa shape index (κ3) is 4.53. The Bertz CT molecular complexity index is 1920. The highest BCUT2D eigenvalue weighted by Gasteiger charge is 2.41. The number of carboxylic acid groups (broad SMARTS) is 1. The van der Waals surface area contributed by atoms with Gasteiger partial charge in [-0.3, -0.25) is 4.79 Å². The lowest BCUT2D eigenvalue weighted by Crippen LogP contribution is -2.15. The molecule has 9 nitrogen and oxygen atoms in total. The predicted molar refractivity (Wildman–Crippen MR) is 168 cm³/mol. The minimum absolute atomic E-state index is 0.00646. The van der Waals surface area contributed by atoms with Crippen LogP contribution in [0.3, 0.4) is 0 Å². The van der Waals surface area contributed by atoms with Crippen molar-refractivity contribution in [3.63, 3.8) is 0 Å². The van der Waals surface area contributed by atoms with Gasteiger partial charge in [0, 0.05) is 52.8 Å². The molecule has 2 atom stereocenters. The molecule has 1 aliphatic carbocycles. The number of nitrogens with one attached hydrogen (secondary N) is 1. The fourth-order valence-electron chi connectivity index (χ4n) is 6.82. The van der Waals surface area contributed by atoms with Gasteiger partial charge >= 0.3 is 5.97 Å². The van der Waals surface area contributed by atoms with Crippen LogP contribution in [-0.4, -0.2) is 33.3 Å². The van der Waals surface area contributed by atoms with E-state index in [1.54, 1.807) is 6.08 Å². The zero-order valence-electron chi connectivity index (χ0n) is 25.3. The van der Waals surface area contributed by atoms with Crippen LogP contribution in [0.15, 0.2) is 118 Å². The zero-order valence-corrected chi connectivity index (χ0v) is 25.3. The number of fused-ring (bicyclic) bond motifs is 5. The average molecular weight is 585 g/mol. The van der Waals surface area contributed by atoms with Gasteiger partial charge in [0.15, 0.2) is 0 Å². The Morgan fingerprint density at radius 3 is 2.43 bits per heavy atom. The molecule has 5 heterocycles. The SMILES string of the molecule is CCC1=C(C)C2=NC1=CC1=C(C)C3=C(O)CC(=C4NC(=CC5=NC(=C2)C(C=C(C#N)C#N)=C5C)[C@@H](C)[C@@H]4CCC(=O)O)C3=N1. The van der Waals surface area contributed by atoms with E-state index < -0.39 is 5.97 Å². The summed E-state index contributed by atoms with van der Waals surface area (Å²) in [5.41, 5.74) is 12.1. The minimum Gasteiger partial charge on any atom is -0.511 e. The van der Waals surface area contributed by atoms with Crippen molar-refractivity contribution in [1.82, 2.24) is 5.32 Å². The van der Waals surface area contributed by atoms with Gasteiger partial charge in [-0.25, -0.2) is 15.0 Å². The van der Waals surface area contributed by atoms with Gasteiger partial charge in [0.25, 0.3) is 0 Å². The summed E-state index contributed by atoms with van der Waals surface area (Å²) in [6.45, 7) is 10.1. The molecule has 0 radical (unpaired) electrons. The molecule has 6 aliphatic rings. The Morgan fingerprint density at radius 1 is 1.05 bits per heavy atom. The summed E-state index contributed by atoms with van der Waals surface area (Å²) in [5, 5.41) is 43.4. The minimum atomic E-state index is -0.864. The van der Waals surface area contributed by atoms with Crippen LogP contribution >= 0.6 is 0 Å². The van der Waals surface area contributed by atoms with Crippen molar-refractivity contribution in [2.24, 2.45) is 26.8 Å². The fourth-order valence-corrected chi connectivity index (χ4v) is 6.82. The molecular weight excluding hydrogens is 552 g/mol.